The summed E-state index contributed by atoms with van der Waals surface area (Å²) in [5.74, 6) is 0.543. The van der Waals surface area contributed by atoms with Crippen LogP contribution < -0.4 is 10.1 Å². The van der Waals surface area contributed by atoms with Gasteiger partial charge in [0.1, 0.15) is 5.75 Å². The van der Waals surface area contributed by atoms with E-state index in [1.807, 2.05) is 12.1 Å². The summed E-state index contributed by atoms with van der Waals surface area (Å²) in [4.78, 5) is 11.8. The lowest BCUT2D eigenvalue weighted by Gasteiger charge is -2.22. The van der Waals surface area contributed by atoms with Crippen molar-refractivity contribution in [2.24, 2.45) is 0 Å². The number of rotatable bonds is 5. The molecule has 2 rings (SSSR count). The molecule has 0 unspecified atom stereocenters. The zero-order valence-electron chi connectivity index (χ0n) is 12.0. The Balaban J connectivity index is 1.79. The third kappa shape index (κ3) is 4.53. The fraction of sp³-hybridized carbons (Fsp3) is 0.562. The van der Waals surface area contributed by atoms with E-state index in [4.69, 9.17) is 4.74 Å². The molecule has 4 nitrogen and oxygen atoms in total. The van der Waals surface area contributed by atoms with Crippen LogP contribution in [0.25, 0.3) is 0 Å². The van der Waals surface area contributed by atoms with Gasteiger partial charge in [0.15, 0.2) is 6.61 Å². The number of carbonyl (C=O) groups excluding carboxylic acids is 1. The molecular weight excluding hydrogens is 254 g/mol. The fourth-order valence-electron chi connectivity index (χ4n) is 2.53. The average molecular weight is 277 g/mol. The van der Waals surface area contributed by atoms with E-state index in [-0.39, 0.29) is 12.5 Å². The quantitative estimate of drug-likeness (QED) is 0.869. The Kier molecular flexibility index (Phi) is 5.41. The molecular formula is C16H23NO3. The largest absolute Gasteiger partial charge is 0.484 e. The third-order valence-corrected chi connectivity index (χ3v) is 3.68. The van der Waals surface area contributed by atoms with Gasteiger partial charge in [-0.05, 0) is 37.5 Å². The highest BCUT2D eigenvalue weighted by Crippen LogP contribution is 2.19. The van der Waals surface area contributed by atoms with Crippen LogP contribution in [0.2, 0.25) is 0 Å². The zero-order chi connectivity index (χ0) is 14.4. The summed E-state index contributed by atoms with van der Waals surface area (Å²) in [5, 5.41) is 12.5. The number of carbonyl (C=O) groups is 1. The van der Waals surface area contributed by atoms with Gasteiger partial charge in [-0.25, -0.2) is 0 Å². The summed E-state index contributed by atoms with van der Waals surface area (Å²) in [6.45, 7) is 1.73. The van der Waals surface area contributed by atoms with Gasteiger partial charge in [0.05, 0.1) is 6.10 Å². The van der Waals surface area contributed by atoms with Gasteiger partial charge < -0.3 is 15.2 Å². The number of aliphatic hydroxyl groups excluding tert-OH is 1. The van der Waals surface area contributed by atoms with Gasteiger partial charge in [0.25, 0.3) is 5.91 Å². The molecule has 0 spiro atoms. The summed E-state index contributed by atoms with van der Waals surface area (Å²) >= 11 is 0. The molecule has 4 heteroatoms. The minimum atomic E-state index is -0.533. The second-order valence-corrected chi connectivity index (χ2v) is 5.44. The molecule has 0 bridgehead atoms. The summed E-state index contributed by atoms with van der Waals surface area (Å²) in [7, 11) is 0. The molecule has 1 atom stereocenters. The summed E-state index contributed by atoms with van der Waals surface area (Å²) in [5.41, 5.74) is 0.787. The normalized spacial score (nSPS) is 17.5. The van der Waals surface area contributed by atoms with Crippen molar-refractivity contribution in [3.63, 3.8) is 0 Å². The fourth-order valence-corrected chi connectivity index (χ4v) is 2.53. The van der Waals surface area contributed by atoms with Gasteiger partial charge >= 0.3 is 0 Å². The van der Waals surface area contributed by atoms with Gasteiger partial charge in [-0.1, -0.05) is 31.4 Å². The van der Waals surface area contributed by atoms with Gasteiger partial charge in [0.2, 0.25) is 0 Å². The van der Waals surface area contributed by atoms with Crippen molar-refractivity contribution in [2.75, 3.05) is 6.61 Å². The van der Waals surface area contributed by atoms with Crippen molar-refractivity contribution in [3.8, 4) is 5.75 Å². The molecule has 1 saturated carbocycles. The molecule has 0 heterocycles. The highest BCUT2D eigenvalue weighted by molar-refractivity contribution is 5.77. The predicted molar refractivity (Wildman–Crippen MR) is 77.6 cm³/mol. The maximum atomic E-state index is 11.8. The van der Waals surface area contributed by atoms with Crippen molar-refractivity contribution in [2.45, 2.75) is 51.2 Å². The van der Waals surface area contributed by atoms with E-state index in [0.717, 1.165) is 18.4 Å². The SMILES string of the molecule is C[C@@H](O)c1cccc(OCC(=O)NC2CCCCC2)c1. The van der Waals surface area contributed by atoms with Crippen LogP contribution in [0.5, 0.6) is 5.75 Å². The minimum Gasteiger partial charge on any atom is -0.484 e. The van der Waals surface area contributed by atoms with E-state index in [1.54, 1.807) is 19.1 Å². The Hall–Kier alpha value is -1.55. The number of aliphatic hydroxyl groups is 1. The molecule has 20 heavy (non-hydrogen) atoms. The molecule has 110 valence electrons. The number of hydrogen-bond acceptors (Lipinski definition) is 3. The number of ether oxygens (including phenoxy) is 1. The lowest BCUT2D eigenvalue weighted by Crippen LogP contribution is -2.38. The predicted octanol–water partition coefficient (Wildman–Crippen LogP) is 2.57. The van der Waals surface area contributed by atoms with E-state index in [0.29, 0.717) is 11.8 Å². The topological polar surface area (TPSA) is 58.6 Å². The first kappa shape index (κ1) is 14.9. The first-order valence-electron chi connectivity index (χ1n) is 7.35. The molecule has 0 aromatic heterocycles. The minimum absolute atomic E-state index is 0.0275. The van der Waals surface area contributed by atoms with Crippen LogP contribution in [0.15, 0.2) is 24.3 Å². The van der Waals surface area contributed by atoms with Crippen molar-refractivity contribution < 1.29 is 14.6 Å². The van der Waals surface area contributed by atoms with Crippen LogP contribution in [-0.4, -0.2) is 23.7 Å². The molecule has 2 N–H and O–H groups in total. The van der Waals surface area contributed by atoms with Gasteiger partial charge in [-0.15, -0.1) is 0 Å². The summed E-state index contributed by atoms with van der Waals surface area (Å²) in [6, 6.07) is 7.51. The van der Waals surface area contributed by atoms with Crippen molar-refractivity contribution >= 4 is 5.91 Å². The van der Waals surface area contributed by atoms with Crippen molar-refractivity contribution in [1.82, 2.24) is 5.32 Å². The first-order chi connectivity index (χ1) is 9.65. The standard InChI is InChI=1S/C16H23NO3/c1-12(18)13-6-5-9-15(10-13)20-11-16(19)17-14-7-3-2-4-8-14/h5-6,9-10,12,14,18H,2-4,7-8,11H2,1H3,(H,17,19)/t12-/m1/s1. The van der Waals surface area contributed by atoms with E-state index in [2.05, 4.69) is 5.32 Å². The Morgan fingerprint density at radius 3 is 2.85 bits per heavy atom. The highest BCUT2D eigenvalue weighted by Gasteiger charge is 2.15. The van der Waals surface area contributed by atoms with E-state index >= 15 is 0 Å². The molecule has 1 aromatic rings. The Morgan fingerprint density at radius 1 is 1.40 bits per heavy atom. The summed E-state index contributed by atoms with van der Waals surface area (Å²) < 4.78 is 5.48. The van der Waals surface area contributed by atoms with Crippen LogP contribution >= 0.6 is 0 Å². The average Bonchev–Trinajstić information content (AvgIpc) is 2.46. The monoisotopic (exact) mass is 277 g/mol. The lowest BCUT2D eigenvalue weighted by molar-refractivity contribution is -0.124. The number of benzene rings is 1. The third-order valence-electron chi connectivity index (χ3n) is 3.68. The Morgan fingerprint density at radius 2 is 2.15 bits per heavy atom. The molecule has 1 amide bonds. The first-order valence-corrected chi connectivity index (χ1v) is 7.35. The second kappa shape index (κ2) is 7.29. The van der Waals surface area contributed by atoms with E-state index in [9.17, 15) is 9.90 Å². The zero-order valence-corrected chi connectivity index (χ0v) is 12.0. The van der Waals surface area contributed by atoms with Crippen LogP contribution in [0, 0.1) is 0 Å². The molecule has 0 radical (unpaired) electrons. The molecule has 0 saturated heterocycles. The van der Waals surface area contributed by atoms with E-state index < -0.39 is 6.10 Å². The highest BCUT2D eigenvalue weighted by atomic mass is 16.5. The lowest BCUT2D eigenvalue weighted by atomic mass is 9.95. The molecule has 0 aliphatic heterocycles. The Labute approximate surface area is 120 Å². The van der Waals surface area contributed by atoms with Gasteiger partial charge in [-0.2, -0.15) is 0 Å². The van der Waals surface area contributed by atoms with Crippen LogP contribution in [0.3, 0.4) is 0 Å². The maximum Gasteiger partial charge on any atom is 0.258 e. The second-order valence-electron chi connectivity index (χ2n) is 5.44. The number of hydrogen-bond donors (Lipinski definition) is 2. The molecule has 1 aliphatic rings. The Bertz CT molecular complexity index is 439. The maximum absolute atomic E-state index is 11.8. The van der Waals surface area contributed by atoms with Crippen molar-refractivity contribution in [1.29, 1.82) is 0 Å². The van der Waals surface area contributed by atoms with Gasteiger partial charge in [0, 0.05) is 6.04 Å². The number of nitrogens with one attached hydrogen (secondary N) is 1. The van der Waals surface area contributed by atoms with Crippen molar-refractivity contribution in [3.05, 3.63) is 29.8 Å². The van der Waals surface area contributed by atoms with Gasteiger partial charge in [-0.3, -0.25) is 4.79 Å². The molecule has 1 aliphatic carbocycles. The number of amides is 1. The molecule has 1 aromatic carbocycles. The molecule has 1 fully saturated rings. The summed E-state index contributed by atoms with van der Waals surface area (Å²) in [6.07, 6.45) is 5.28. The van der Waals surface area contributed by atoms with Crippen LogP contribution in [0.1, 0.15) is 50.7 Å². The van der Waals surface area contributed by atoms with E-state index in [1.165, 1.54) is 19.3 Å². The van der Waals surface area contributed by atoms with Crippen LogP contribution in [0.4, 0.5) is 0 Å². The van der Waals surface area contributed by atoms with Crippen LogP contribution in [-0.2, 0) is 4.79 Å². The smallest absolute Gasteiger partial charge is 0.258 e.